The van der Waals surface area contributed by atoms with Crippen molar-refractivity contribution in [2.45, 2.75) is 63.8 Å². The summed E-state index contributed by atoms with van der Waals surface area (Å²) in [5.41, 5.74) is 1.57. The molecule has 1 saturated heterocycles. The summed E-state index contributed by atoms with van der Waals surface area (Å²) in [6, 6.07) is 5.61. The Labute approximate surface area is 290 Å². The smallest absolute Gasteiger partial charge is 0.336 e. The van der Waals surface area contributed by atoms with Crippen LogP contribution in [0.4, 0.5) is 0 Å². The minimum absolute atomic E-state index is 0.0801. The first-order valence-electron chi connectivity index (χ1n) is 16.4. The lowest BCUT2D eigenvalue weighted by molar-refractivity contribution is -0.137. The van der Waals surface area contributed by atoms with Gasteiger partial charge in [-0.25, -0.2) is 14.6 Å². The molecule has 1 aromatic heterocycles. The minimum atomic E-state index is -1.02. The lowest BCUT2D eigenvalue weighted by Gasteiger charge is -2.44. The van der Waals surface area contributed by atoms with E-state index in [-0.39, 0.29) is 33.5 Å². The summed E-state index contributed by atoms with van der Waals surface area (Å²) in [4.78, 5) is 50.0. The highest BCUT2D eigenvalue weighted by Crippen LogP contribution is 2.48. The van der Waals surface area contributed by atoms with E-state index >= 15 is 0 Å². The van der Waals surface area contributed by atoms with Crippen molar-refractivity contribution in [3.8, 4) is 0 Å². The number of fused-ring (bicyclic) bond motifs is 2. The highest BCUT2D eigenvalue weighted by Gasteiger charge is 2.44. The number of hydrogen-bond donors (Lipinski definition) is 1. The molecule has 2 bridgehead atoms. The summed E-state index contributed by atoms with van der Waals surface area (Å²) in [6.45, 7) is 5.35. The van der Waals surface area contributed by atoms with E-state index in [9.17, 15) is 14.4 Å². The summed E-state index contributed by atoms with van der Waals surface area (Å²) in [5.74, 6) is 0.0364. The molecule has 6 rings (SSSR count). The van der Waals surface area contributed by atoms with Crippen LogP contribution in [0, 0.1) is 17.8 Å². The summed E-state index contributed by atoms with van der Waals surface area (Å²) < 4.78 is 10.5. The van der Waals surface area contributed by atoms with Gasteiger partial charge in [0.05, 0.1) is 42.7 Å². The number of dihydropyridines is 1. The Morgan fingerprint density at radius 2 is 1.55 bits per heavy atom. The molecule has 0 radical (unpaired) electrons. The molecule has 1 amide bonds. The van der Waals surface area contributed by atoms with Crippen LogP contribution in [0.5, 0.6) is 0 Å². The van der Waals surface area contributed by atoms with Crippen LogP contribution in [0.3, 0.4) is 0 Å². The molecule has 3 atom stereocenters. The maximum atomic E-state index is 14.0. The summed E-state index contributed by atoms with van der Waals surface area (Å²) in [6.07, 6.45) is 7.78. The molecule has 4 aliphatic rings. The fourth-order valence-electron chi connectivity index (χ4n) is 8.23. The third-order valence-corrected chi connectivity index (χ3v) is 12.3. The number of hydrogen-bond acceptors (Lipinski definition) is 9. The standard InChI is InChI=1S/C35H42Cl2N4O5S/c1-20-21-7-8-22(20)18-23(17-21)40-12-14-41(15-13-40)29(42)19-27-32(35(44)46-3)33(30-24(36)5-4-6-25(30)37)31(34(43)45-2)26(39-27)9-10-28-38-11-16-47-28/h4-6,11,16,20-23,33,39H,7-10,12-15,17-19H2,1-3H3. The number of allylic oxidation sites excluding steroid dienone is 1. The number of ether oxygens (including phenoxy) is 2. The van der Waals surface area contributed by atoms with Gasteiger partial charge in [-0.2, -0.15) is 0 Å². The molecule has 47 heavy (non-hydrogen) atoms. The molecular formula is C35H42Cl2N4O5S. The van der Waals surface area contributed by atoms with Gasteiger partial charge in [0.25, 0.3) is 0 Å². The number of carbonyl (C=O) groups is 3. The monoisotopic (exact) mass is 700 g/mol. The zero-order valence-electron chi connectivity index (χ0n) is 27.1. The zero-order chi connectivity index (χ0) is 33.2. The van der Waals surface area contributed by atoms with Gasteiger partial charge in [0.15, 0.2) is 0 Å². The van der Waals surface area contributed by atoms with E-state index in [0.29, 0.717) is 48.9 Å². The fraction of sp³-hybridized carbons (Fsp3) is 0.543. The molecule has 2 aromatic rings. The SMILES string of the molecule is COC(=O)C1=C(CCc2nccs2)NC(CC(=O)N2CCN(C3CC4CCC(C3)C4C)CC2)=C(C(=O)OC)C1c1c(Cl)cccc1Cl. The van der Waals surface area contributed by atoms with Crippen LogP contribution >= 0.6 is 34.5 Å². The Bertz CT molecular complexity index is 1540. The molecule has 2 aliphatic heterocycles. The molecule has 0 spiro atoms. The second-order valence-corrected chi connectivity index (χ2v) is 14.9. The second-order valence-electron chi connectivity index (χ2n) is 13.1. The number of carbonyl (C=O) groups excluding carboxylic acids is 3. The molecule has 1 N–H and O–H groups in total. The Kier molecular flexibility index (Phi) is 10.6. The van der Waals surface area contributed by atoms with Gasteiger partial charge in [0.1, 0.15) is 0 Å². The van der Waals surface area contributed by atoms with E-state index in [1.165, 1.54) is 51.2 Å². The van der Waals surface area contributed by atoms with Gasteiger partial charge in [-0.3, -0.25) is 9.69 Å². The van der Waals surface area contributed by atoms with E-state index < -0.39 is 17.9 Å². The van der Waals surface area contributed by atoms with Crippen LogP contribution in [0.15, 0.2) is 52.3 Å². The Hall–Kier alpha value is -2.92. The fourth-order valence-corrected chi connectivity index (χ4v) is 9.46. The number of piperazine rings is 1. The van der Waals surface area contributed by atoms with Crippen molar-refractivity contribution in [3.05, 3.63) is 72.9 Å². The third kappa shape index (κ3) is 6.98. The summed E-state index contributed by atoms with van der Waals surface area (Å²) in [7, 11) is 2.56. The van der Waals surface area contributed by atoms with Crippen molar-refractivity contribution in [2.75, 3.05) is 40.4 Å². The first kappa shape index (κ1) is 34.0. The molecular weight excluding hydrogens is 659 g/mol. The zero-order valence-corrected chi connectivity index (χ0v) is 29.4. The third-order valence-electron chi connectivity index (χ3n) is 10.8. The number of nitrogens with zero attached hydrogens (tertiary/aromatic N) is 3. The van der Waals surface area contributed by atoms with Gasteiger partial charge in [-0.1, -0.05) is 36.2 Å². The van der Waals surface area contributed by atoms with Crippen LogP contribution in [-0.2, 0) is 30.3 Å². The van der Waals surface area contributed by atoms with Crippen molar-refractivity contribution in [1.82, 2.24) is 20.1 Å². The minimum Gasteiger partial charge on any atom is -0.466 e. The van der Waals surface area contributed by atoms with E-state index in [4.69, 9.17) is 32.7 Å². The number of benzene rings is 1. The maximum Gasteiger partial charge on any atom is 0.336 e. The van der Waals surface area contributed by atoms with Gasteiger partial charge < -0.3 is 19.7 Å². The average Bonchev–Trinajstić information content (AvgIpc) is 3.65. The Morgan fingerprint density at radius 3 is 2.13 bits per heavy atom. The number of aromatic nitrogens is 1. The molecule has 252 valence electrons. The molecule has 2 saturated carbocycles. The van der Waals surface area contributed by atoms with Crippen molar-refractivity contribution in [1.29, 1.82) is 0 Å². The number of halogens is 2. The summed E-state index contributed by atoms with van der Waals surface area (Å²) >= 11 is 15.0. The van der Waals surface area contributed by atoms with Crippen LogP contribution in [0.1, 0.15) is 61.9 Å². The largest absolute Gasteiger partial charge is 0.466 e. The van der Waals surface area contributed by atoms with Crippen LogP contribution in [-0.4, -0.2) is 79.1 Å². The number of rotatable bonds is 9. The maximum absolute atomic E-state index is 14.0. The molecule has 2 aliphatic carbocycles. The van der Waals surface area contributed by atoms with Crippen LogP contribution < -0.4 is 5.32 Å². The predicted molar refractivity (Wildman–Crippen MR) is 182 cm³/mol. The van der Waals surface area contributed by atoms with E-state index in [0.717, 1.165) is 35.9 Å². The number of thiazole rings is 1. The Balaban J connectivity index is 1.29. The Morgan fingerprint density at radius 1 is 0.936 bits per heavy atom. The van der Waals surface area contributed by atoms with E-state index in [2.05, 4.69) is 22.1 Å². The molecule has 3 unspecified atom stereocenters. The van der Waals surface area contributed by atoms with Gasteiger partial charge >= 0.3 is 11.9 Å². The molecule has 12 heteroatoms. The van der Waals surface area contributed by atoms with E-state index in [1.807, 2.05) is 10.3 Å². The lowest BCUT2D eigenvalue weighted by Crippen LogP contribution is -2.53. The summed E-state index contributed by atoms with van der Waals surface area (Å²) in [5, 5.41) is 6.66. The quantitative estimate of drug-likeness (QED) is 0.319. The molecule has 9 nitrogen and oxygen atoms in total. The lowest BCUT2D eigenvalue weighted by atomic mass is 9.76. The van der Waals surface area contributed by atoms with Crippen molar-refractivity contribution in [2.24, 2.45) is 17.8 Å². The molecule has 1 aromatic carbocycles. The molecule has 3 heterocycles. The predicted octanol–water partition coefficient (Wildman–Crippen LogP) is 5.98. The van der Waals surface area contributed by atoms with Gasteiger partial charge in [0.2, 0.25) is 5.91 Å². The van der Waals surface area contributed by atoms with Crippen molar-refractivity contribution in [3.63, 3.8) is 0 Å². The highest BCUT2D eigenvalue weighted by atomic mass is 35.5. The molecule has 3 fully saturated rings. The topological polar surface area (TPSA) is 101 Å². The number of esters is 2. The normalized spacial score (nSPS) is 26.3. The number of methoxy groups -OCH3 is 2. The van der Waals surface area contributed by atoms with Gasteiger partial charge in [-0.15, -0.1) is 11.3 Å². The van der Waals surface area contributed by atoms with Crippen molar-refractivity contribution >= 4 is 52.4 Å². The first-order valence-corrected chi connectivity index (χ1v) is 18.1. The van der Waals surface area contributed by atoms with E-state index in [1.54, 1.807) is 24.4 Å². The first-order chi connectivity index (χ1) is 22.7. The number of nitrogens with one attached hydrogen (secondary N) is 1. The van der Waals surface area contributed by atoms with Gasteiger partial charge in [0, 0.05) is 77.2 Å². The van der Waals surface area contributed by atoms with Crippen LogP contribution in [0.2, 0.25) is 10.0 Å². The second kappa shape index (κ2) is 14.7. The number of amides is 1. The van der Waals surface area contributed by atoms with Gasteiger partial charge in [-0.05, 0) is 62.0 Å². The average molecular weight is 702 g/mol. The van der Waals surface area contributed by atoms with Crippen LogP contribution in [0.25, 0.3) is 0 Å². The number of aryl methyl sites for hydroxylation is 1. The highest BCUT2D eigenvalue weighted by molar-refractivity contribution is 7.09. The van der Waals surface area contributed by atoms with Crippen molar-refractivity contribution < 1.29 is 23.9 Å².